The molecule has 8 nitrogen and oxygen atoms in total. The minimum Gasteiger partial charge on any atom is -0.381 e. The second kappa shape index (κ2) is 9.73. The second-order valence-electron chi connectivity index (χ2n) is 8.88. The topological polar surface area (TPSA) is 89.0 Å². The number of aromatic nitrogens is 5. The van der Waals surface area contributed by atoms with Crippen molar-refractivity contribution in [2.45, 2.75) is 44.2 Å². The molecule has 2 aliphatic heterocycles. The average Bonchev–Trinajstić information content (AvgIpc) is 3.35. The Morgan fingerprint density at radius 2 is 1.71 bits per heavy atom. The smallest absolute Gasteiger partial charge is 0.381 e. The summed E-state index contributed by atoms with van der Waals surface area (Å²) in [6, 6.07) is 5.68. The van der Waals surface area contributed by atoms with E-state index in [1.165, 1.54) is 0 Å². The highest BCUT2D eigenvalue weighted by Gasteiger charge is 2.31. The predicted molar refractivity (Wildman–Crippen MR) is 124 cm³/mol. The summed E-state index contributed by atoms with van der Waals surface area (Å²) >= 11 is 0. The highest BCUT2D eigenvalue weighted by molar-refractivity contribution is 5.55. The SMILES string of the molecule is Cc1nccc(C2CCN(c3nc(Nc4cc(C(F)(F)F)ccn4)cc(C4CCOCC4)n3)C2)n1. The lowest BCUT2D eigenvalue weighted by molar-refractivity contribution is -0.137. The summed E-state index contributed by atoms with van der Waals surface area (Å²) in [7, 11) is 0. The Bertz CT molecular complexity index is 1180. The first-order chi connectivity index (χ1) is 16.8. The number of anilines is 3. The van der Waals surface area contributed by atoms with E-state index in [-0.39, 0.29) is 17.7 Å². The lowest BCUT2D eigenvalue weighted by Crippen LogP contribution is -2.24. The van der Waals surface area contributed by atoms with Crippen LogP contribution in [-0.4, -0.2) is 51.2 Å². The Morgan fingerprint density at radius 3 is 2.49 bits per heavy atom. The maximum Gasteiger partial charge on any atom is 0.416 e. The maximum atomic E-state index is 13.2. The zero-order valence-corrected chi connectivity index (χ0v) is 19.3. The van der Waals surface area contributed by atoms with E-state index in [1.54, 1.807) is 6.20 Å². The van der Waals surface area contributed by atoms with Crippen LogP contribution < -0.4 is 10.2 Å². The van der Waals surface area contributed by atoms with Crippen LogP contribution in [0.1, 0.15) is 53.9 Å². The average molecular weight is 486 g/mol. The predicted octanol–water partition coefficient (Wildman–Crippen LogP) is 4.62. The highest BCUT2D eigenvalue weighted by Crippen LogP contribution is 2.34. The molecule has 1 unspecified atom stereocenters. The van der Waals surface area contributed by atoms with Gasteiger partial charge < -0.3 is 15.0 Å². The fourth-order valence-electron chi connectivity index (χ4n) is 4.55. The summed E-state index contributed by atoms with van der Waals surface area (Å²) in [5.74, 6) is 2.22. The van der Waals surface area contributed by atoms with Crippen LogP contribution in [0, 0.1) is 6.92 Å². The number of hydrogen-bond donors (Lipinski definition) is 1. The van der Waals surface area contributed by atoms with Crippen molar-refractivity contribution in [3.8, 4) is 0 Å². The summed E-state index contributed by atoms with van der Waals surface area (Å²) in [5.41, 5.74) is 1.08. The number of rotatable bonds is 5. The van der Waals surface area contributed by atoms with Crippen LogP contribution >= 0.6 is 0 Å². The van der Waals surface area contributed by atoms with Crippen LogP contribution in [0.4, 0.5) is 30.8 Å². The van der Waals surface area contributed by atoms with Gasteiger partial charge >= 0.3 is 6.18 Å². The van der Waals surface area contributed by atoms with Gasteiger partial charge in [0.05, 0.1) is 11.3 Å². The van der Waals surface area contributed by atoms with Crippen LogP contribution in [0.3, 0.4) is 0 Å². The molecule has 1 atom stereocenters. The van der Waals surface area contributed by atoms with Gasteiger partial charge in [0.2, 0.25) is 5.95 Å². The fourth-order valence-corrected chi connectivity index (χ4v) is 4.55. The molecule has 0 saturated carbocycles. The number of hydrogen-bond acceptors (Lipinski definition) is 8. The number of aryl methyl sites for hydroxylation is 1. The summed E-state index contributed by atoms with van der Waals surface area (Å²) in [4.78, 5) is 24.4. The van der Waals surface area contributed by atoms with Crippen molar-refractivity contribution < 1.29 is 17.9 Å². The van der Waals surface area contributed by atoms with Crippen molar-refractivity contribution in [2.24, 2.45) is 0 Å². The monoisotopic (exact) mass is 485 g/mol. The number of halogens is 3. The molecule has 0 aliphatic carbocycles. The molecule has 0 bridgehead atoms. The first-order valence-corrected chi connectivity index (χ1v) is 11.7. The molecule has 0 amide bonds. The largest absolute Gasteiger partial charge is 0.416 e. The van der Waals surface area contributed by atoms with Crippen LogP contribution in [0.2, 0.25) is 0 Å². The zero-order valence-electron chi connectivity index (χ0n) is 19.3. The lowest BCUT2D eigenvalue weighted by atomic mass is 9.96. The summed E-state index contributed by atoms with van der Waals surface area (Å²) in [6.45, 7) is 4.64. The molecule has 2 saturated heterocycles. The first kappa shape index (κ1) is 23.4. The van der Waals surface area contributed by atoms with Gasteiger partial charge in [-0.1, -0.05) is 0 Å². The van der Waals surface area contributed by atoms with Crippen molar-refractivity contribution in [3.63, 3.8) is 0 Å². The zero-order chi connectivity index (χ0) is 24.4. The minimum absolute atomic E-state index is 0.0816. The van der Waals surface area contributed by atoms with Gasteiger partial charge in [0.15, 0.2) is 0 Å². The Kier molecular flexibility index (Phi) is 6.50. The molecule has 2 fully saturated rings. The van der Waals surface area contributed by atoms with Crippen molar-refractivity contribution in [2.75, 3.05) is 36.5 Å². The summed E-state index contributed by atoms with van der Waals surface area (Å²) < 4.78 is 45.0. The van der Waals surface area contributed by atoms with E-state index >= 15 is 0 Å². The Morgan fingerprint density at radius 1 is 0.914 bits per heavy atom. The Labute approximate surface area is 201 Å². The third-order valence-corrected chi connectivity index (χ3v) is 6.40. The number of nitrogens with zero attached hydrogens (tertiary/aromatic N) is 6. The number of pyridine rings is 1. The van der Waals surface area contributed by atoms with Gasteiger partial charge in [-0.3, -0.25) is 0 Å². The van der Waals surface area contributed by atoms with Crippen LogP contribution in [0.25, 0.3) is 0 Å². The van der Waals surface area contributed by atoms with Gasteiger partial charge in [0.1, 0.15) is 17.5 Å². The molecule has 35 heavy (non-hydrogen) atoms. The summed E-state index contributed by atoms with van der Waals surface area (Å²) in [5, 5.41) is 2.97. The van der Waals surface area contributed by atoms with Crippen molar-refractivity contribution in [1.29, 1.82) is 0 Å². The molecule has 5 heterocycles. The van der Waals surface area contributed by atoms with E-state index in [1.807, 2.05) is 19.1 Å². The molecule has 184 valence electrons. The molecule has 2 aliphatic rings. The van der Waals surface area contributed by atoms with Crippen molar-refractivity contribution >= 4 is 17.6 Å². The van der Waals surface area contributed by atoms with E-state index in [0.717, 1.165) is 61.3 Å². The van der Waals surface area contributed by atoms with Gasteiger partial charge in [-0.15, -0.1) is 0 Å². The van der Waals surface area contributed by atoms with E-state index in [0.29, 0.717) is 31.5 Å². The molecule has 0 radical (unpaired) electrons. The quantitative estimate of drug-likeness (QED) is 0.560. The molecule has 0 spiro atoms. The molecule has 3 aromatic heterocycles. The Hall–Kier alpha value is -3.34. The van der Waals surface area contributed by atoms with E-state index in [4.69, 9.17) is 9.72 Å². The molecule has 1 N–H and O–H groups in total. The second-order valence-corrected chi connectivity index (χ2v) is 8.88. The molecular formula is C24H26F3N7O. The first-order valence-electron chi connectivity index (χ1n) is 11.7. The van der Waals surface area contributed by atoms with E-state index in [2.05, 4.69) is 30.2 Å². The van der Waals surface area contributed by atoms with Crippen molar-refractivity contribution in [1.82, 2.24) is 24.9 Å². The van der Waals surface area contributed by atoms with Gasteiger partial charge in [-0.25, -0.2) is 19.9 Å². The van der Waals surface area contributed by atoms with Crippen LogP contribution in [-0.2, 0) is 10.9 Å². The normalized spacial score (nSPS) is 19.2. The van der Waals surface area contributed by atoms with Gasteiger partial charge in [0.25, 0.3) is 0 Å². The standard InChI is InChI=1S/C24H26F3N7O/c1-15-28-8-3-19(30-15)17-4-9-34(14-17)23-31-20(16-5-10-35-11-6-16)13-22(33-23)32-21-12-18(2-7-29-21)24(25,26)27/h2-3,7-8,12-13,16-17H,4-6,9-11,14H2,1H3,(H,29,31,32,33). The van der Waals surface area contributed by atoms with Gasteiger partial charge in [-0.05, 0) is 44.4 Å². The molecule has 5 rings (SSSR count). The van der Waals surface area contributed by atoms with Crippen molar-refractivity contribution in [3.05, 3.63) is 59.4 Å². The van der Waals surface area contributed by atoms with Crippen LogP contribution in [0.15, 0.2) is 36.7 Å². The third kappa shape index (κ3) is 5.50. The molecular weight excluding hydrogens is 459 g/mol. The number of nitrogens with one attached hydrogen (secondary N) is 1. The Balaban J connectivity index is 1.43. The van der Waals surface area contributed by atoms with Gasteiger partial charge in [-0.2, -0.15) is 18.2 Å². The maximum absolute atomic E-state index is 13.2. The number of alkyl halides is 3. The van der Waals surface area contributed by atoms with Gasteiger partial charge in [0, 0.05) is 62.3 Å². The lowest BCUT2D eigenvalue weighted by Gasteiger charge is -2.24. The van der Waals surface area contributed by atoms with E-state index in [9.17, 15) is 13.2 Å². The molecule has 3 aromatic rings. The minimum atomic E-state index is -4.45. The summed E-state index contributed by atoms with van der Waals surface area (Å²) in [6.07, 6.45) is 1.03. The third-order valence-electron chi connectivity index (χ3n) is 6.40. The fraction of sp³-hybridized carbons (Fsp3) is 0.458. The highest BCUT2D eigenvalue weighted by atomic mass is 19.4. The van der Waals surface area contributed by atoms with E-state index < -0.39 is 11.7 Å². The molecule has 11 heteroatoms. The number of ether oxygens (including phenoxy) is 1. The van der Waals surface area contributed by atoms with Crippen LogP contribution in [0.5, 0.6) is 0 Å². The molecule has 0 aromatic carbocycles.